The minimum Gasteiger partial charge on any atom is -0.273 e. The molecule has 0 spiro atoms. The van der Waals surface area contributed by atoms with Crippen LogP contribution in [0.4, 0.5) is 0 Å². The summed E-state index contributed by atoms with van der Waals surface area (Å²) in [5.41, 5.74) is 3.45. The van der Waals surface area contributed by atoms with Crippen LogP contribution in [0.15, 0.2) is 59.4 Å². The minimum absolute atomic E-state index is 1.03. The molecule has 0 fully saturated rings. The molecule has 1 heterocycles. The Morgan fingerprint density at radius 2 is 2.29 bits per heavy atom. The predicted molar refractivity (Wildman–Crippen MR) is 59.0 cm³/mol. The fourth-order valence-corrected chi connectivity index (χ4v) is 1.21. The highest BCUT2D eigenvalue weighted by Gasteiger charge is 2.17. The van der Waals surface area contributed by atoms with Gasteiger partial charge in [0.1, 0.15) is 0 Å². The van der Waals surface area contributed by atoms with E-state index >= 15 is 0 Å². The van der Waals surface area contributed by atoms with Gasteiger partial charge < -0.3 is 0 Å². The second kappa shape index (κ2) is 3.83. The Morgan fingerprint density at radius 1 is 1.36 bits per heavy atom. The fraction of sp³-hybridized carbons (Fsp3) is 0. The maximum atomic E-state index is 4.25. The summed E-state index contributed by atoms with van der Waals surface area (Å²) in [6.45, 7) is 3.36. The van der Waals surface area contributed by atoms with Crippen molar-refractivity contribution in [2.24, 2.45) is 4.99 Å². The highest BCUT2D eigenvalue weighted by molar-refractivity contribution is 5.96. The van der Waals surface area contributed by atoms with Gasteiger partial charge in [-0.25, -0.2) is 0 Å². The van der Waals surface area contributed by atoms with Crippen LogP contribution in [0, 0.1) is 0 Å². The number of allylic oxidation sites excluding steroid dienone is 5. The van der Waals surface area contributed by atoms with Crippen LogP contribution in [0.1, 0.15) is 5.69 Å². The summed E-state index contributed by atoms with van der Waals surface area (Å²) in [5.74, 6) is 0. The van der Waals surface area contributed by atoms with Gasteiger partial charge in [0.2, 0.25) is 0 Å². The van der Waals surface area contributed by atoms with Crippen LogP contribution < -0.4 is 0 Å². The van der Waals surface area contributed by atoms with E-state index in [-0.39, 0.29) is 0 Å². The summed E-state index contributed by atoms with van der Waals surface area (Å²) < 4.78 is 0. The van der Waals surface area contributed by atoms with Crippen molar-refractivity contribution in [3.05, 3.63) is 60.1 Å². The van der Waals surface area contributed by atoms with Crippen LogP contribution >= 0.6 is 0 Å². The van der Waals surface area contributed by atoms with Crippen molar-refractivity contribution in [3.8, 4) is 0 Å². The van der Waals surface area contributed by atoms with Crippen molar-refractivity contribution < 1.29 is 0 Å². The zero-order chi connectivity index (χ0) is 9.80. The Morgan fingerprint density at radius 3 is 3.00 bits per heavy atom. The molecule has 1 aliphatic carbocycles. The molecule has 0 bridgehead atoms. The van der Waals surface area contributed by atoms with Gasteiger partial charge in [-0.2, -0.15) is 0 Å². The summed E-state index contributed by atoms with van der Waals surface area (Å²) in [6.07, 6.45) is 9.42. The maximum Gasteiger partial charge on any atom is 0.0708 e. The monoisotopic (exact) mass is 182 g/mol. The molecule has 0 amide bonds. The lowest BCUT2D eigenvalue weighted by Crippen LogP contribution is -1.78. The summed E-state index contributed by atoms with van der Waals surface area (Å²) in [5, 5.41) is 0. The van der Waals surface area contributed by atoms with Crippen molar-refractivity contribution in [2.45, 2.75) is 0 Å². The number of hydrogen-bond donors (Lipinski definition) is 0. The van der Waals surface area contributed by atoms with E-state index in [0.29, 0.717) is 0 Å². The molecule has 2 heteroatoms. The Balaban J connectivity index is 2.06. The van der Waals surface area contributed by atoms with Crippen LogP contribution in [-0.2, 0) is 0 Å². The maximum absolute atomic E-state index is 4.25. The Labute approximate surface area is 83.0 Å². The zero-order valence-corrected chi connectivity index (χ0v) is 7.72. The third-order valence-electron chi connectivity index (χ3n) is 1.94. The third-order valence-corrected chi connectivity index (χ3v) is 1.94. The Bertz CT molecular complexity index is 425. The molecule has 2 rings (SSSR count). The van der Waals surface area contributed by atoms with Gasteiger partial charge in [-0.1, -0.05) is 12.1 Å². The first kappa shape index (κ1) is 8.63. The van der Waals surface area contributed by atoms with Gasteiger partial charge in [0.05, 0.1) is 5.69 Å². The van der Waals surface area contributed by atoms with E-state index in [0.717, 1.165) is 5.69 Å². The molecule has 0 aliphatic heterocycles. The quantitative estimate of drug-likeness (QED) is 0.659. The van der Waals surface area contributed by atoms with Gasteiger partial charge in [0, 0.05) is 18.0 Å². The van der Waals surface area contributed by atoms with Crippen LogP contribution in [0.3, 0.4) is 0 Å². The largest absolute Gasteiger partial charge is 0.273 e. The number of aromatic nitrogens is 1. The summed E-state index contributed by atoms with van der Waals surface area (Å²) in [6, 6.07) is 5.90. The average Bonchev–Trinajstić information content (AvgIpc) is 2.99. The van der Waals surface area contributed by atoms with E-state index in [2.05, 4.69) is 22.8 Å². The summed E-state index contributed by atoms with van der Waals surface area (Å²) >= 11 is 0. The molecule has 0 unspecified atom stereocenters. The first-order valence-corrected chi connectivity index (χ1v) is 4.38. The van der Waals surface area contributed by atoms with Crippen LogP contribution in [-0.4, -0.2) is 11.7 Å². The van der Waals surface area contributed by atoms with Gasteiger partial charge in [-0.15, -0.1) is 0 Å². The lowest BCUT2D eigenvalue weighted by Gasteiger charge is -1.89. The van der Waals surface area contributed by atoms with Gasteiger partial charge >= 0.3 is 0 Å². The van der Waals surface area contributed by atoms with Crippen molar-refractivity contribution in [3.63, 3.8) is 0 Å². The smallest absolute Gasteiger partial charge is 0.0708 e. The molecule has 1 aromatic rings. The van der Waals surface area contributed by atoms with E-state index in [1.54, 1.807) is 12.4 Å². The SMILES string of the molecule is C=N/C=C\C=C1C=C/1c1ccccn1. The van der Waals surface area contributed by atoms with E-state index in [1.807, 2.05) is 30.4 Å². The second-order valence-electron chi connectivity index (χ2n) is 2.92. The van der Waals surface area contributed by atoms with Crippen molar-refractivity contribution >= 4 is 12.3 Å². The standard InChI is InChI=1S/C12H10N2/c1-13-7-4-5-10-9-11(10)12-6-2-3-8-14-12/h2-9H,1H2/b7-4-,10-5+. The van der Waals surface area contributed by atoms with E-state index in [9.17, 15) is 0 Å². The van der Waals surface area contributed by atoms with Crippen LogP contribution in [0.25, 0.3) is 5.57 Å². The van der Waals surface area contributed by atoms with Gasteiger partial charge in [-0.05, 0) is 36.6 Å². The molecule has 0 saturated carbocycles. The first-order valence-electron chi connectivity index (χ1n) is 4.38. The Kier molecular flexibility index (Phi) is 2.36. The normalized spacial score (nSPS) is 17.1. The van der Waals surface area contributed by atoms with E-state index in [4.69, 9.17) is 0 Å². The molecule has 0 saturated heterocycles. The van der Waals surface area contributed by atoms with Gasteiger partial charge in [0.15, 0.2) is 0 Å². The molecular weight excluding hydrogens is 172 g/mol. The fourth-order valence-electron chi connectivity index (χ4n) is 1.21. The molecule has 0 atom stereocenters. The van der Waals surface area contributed by atoms with Crippen molar-refractivity contribution in [2.75, 3.05) is 0 Å². The molecule has 1 aromatic heterocycles. The third kappa shape index (κ3) is 1.85. The molecule has 1 aliphatic rings. The number of hydrogen-bond acceptors (Lipinski definition) is 2. The molecular formula is C12H10N2. The highest BCUT2D eigenvalue weighted by atomic mass is 14.7. The van der Waals surface area contributed by atoms with Gasteiger partial charge in [-0.3, -0.25) is 9.98 Å². The zero-order valence-electron chi connectivity index (χ0n) is 7.72. The molecule has 2 nitrogen and oxygen atoms in total. The molecule has 0 radical (unpaired) electrons. The molecule has 0 aromatic carbocycles. The Hall–Kier alpha value is -1.96. The van der Waals surface area contributed by atoms with Crippen LogP contribution in [0.5, 0.6) is 0 Å². The lowest BCUT2D eigenvalue weighted by molar-refractivity contribution is 1.29. The van der Waals surface area contributed by atoms with Crippen molar-refractivity contribution in [1.29, 1.82) is 0 Å². The topological polar surface area (TPSA) is 25.2 Å². The number of pyridine rings is 1. The first-order chi connectivity index (χ1) is 6.92. The van der Waals surface area contributed by atoms with Crippen molar-refractivity contribution in [1.82, 2.24) is 4.98 Å². The number of rotatable bonds is 3. The van der Waals surface area contributed by atoms with Gasteiger partial charge in [0.25, 0.3) is 0 Å². The predicted octanol–water partition coefficient (Wildman–Crippen LogP) is 2.62. The van der Waals surface area contributed by atoms with E-state index < -0.39 is 0 Å². The molecule has 14 heavy (non-hydrogen) atoms. The van der Waals surface area contributed by atoms with Crippen LogP contribution in [0.2, 0.25) is 0 Å². The minimum atomic E-state index is 1.03. The second-order valence-corrected chi connectivity index (χ2v) is 2.92. The summed E-state index contributed by atoms with van der Waals surface area (Å²) in [7, 11) is 0. The highest BCUT2D eigenvalue weighted by Crippen LogP contribution is 2.36. The molecule has 68 valence electrons. The number of aliphatic imine (C=N–C) groups is 1. The lowest BCUT2D eigenvalue weighted by atomic mass is 10.2. The number of nitrogens with zero attached hydrogens (tertiary/aromatic N) is 2. The molecule has 0 N–H and O–H groups in total. The van der Waals surface area contributed by atoms with E-state index in [1.165, 1.54) is 11.1 Å². The summed E-state index contributed by atoms with van der Waals surface area (Å²) in [4.78, 5) is 7.87. The average molecular weight is 182 g/mol.